The third-order valence-corrected chi connectivity index (χ3v) is 1.77. The van der Waals surface area contributed by atoms with Gasteiger partial charge in [0.25, 0.3) is 0 Å². The lowest BCUT2D eigenvalue weighted by molar-refractivity contribution is -0.825. The molecule has 0 aromatic carbocycles. The fourth-order valence-electron chi connectivity index (χ4n) is 0.917. The van der Waals surface area contributed by atoms with Crippen molar-refractivity contribution in [1.82, 2.24) is 0 Å². The monoisotopic (exact) mass is 159 g/mol. The highest BCUT2D eigenvalue weighted by Crippen LogP contribution is 2.13. The van der Waals surface area contributed by atoms with Crippen molar-refractivity contribution in [3.05, 3.63) is 29.1 Å². The zero-order chi connectivity index (χ0) is 7.78. The highest BCUT2D eigenvalue weighted by atomic mass is 35.5. The Morgan fingerprint density at radius 2 is 2.30 bits per heavy atom. The van der Waals surface area contributed by atoms with Crippen LogP contribution in [0.1, 0.15) is 13.8 Å². The molecule has 2 atom stereocenters. The maximum Gasteiger partial charge on any atom is 0.193 e. The van der Waals surface area contributed by atoms with Crippen LogP contribution in [-0.4, -0.2) is 5.00 Å². The third kappa shape index (κ3) is 1.40. The smallest absolute Gasteiger partial charge is 0.193 e. The lowest BCUT2D eigenvalue weighted by Gasteiger charge is -2.32. The van der Waals surface area contributed by atoms with Gasteiger partial charge in [0.1, 0.15) is 0 Å². The van der Waals surface area contributed by atoms with Crippen molar-refractivity contribution >= 4 is 11.6 Å². The summed E-state index contributed by atoms with van der Waals surface area (Å²) in [4.78, 5) is -0.807. The first-order valence-electron chi connectivity index (χ1n) is 3.13. The molecule has 2 nitrogen and oxygen atoms in total. The van der Waals surface area contributed by atoms with E-state index in [4.69, 9.17) is 11.6 Å². The summed E-state index contributed by atoms with van der Waals surface area (Å²) in [5.41, 5.74) is 1.04. The Kier molecular flexibility index (Phi) is 1.86. The number of quaternary nitrogens is 1. The number of rotatable bonds is 0. The van der Waals surface area contributed by atoms with E-state index in [-0.39, 0.29) is 5.06 Å². The Bertz CT molecular complexity index is 196. The van der Waals surface area contributed by atoms with E-state index >= 15 is 0 Å². The quantitative estimate of drug-likeness (QED) is 0.316. The van der Waals surface area contributed by atoms with E-state index in [1.807, 2.05) is 6.92 Å². The maximum absolute atomic E-state index is 11.0. The van der Waals surface area contributed by atoms with Crippen molar-refractivity contribution < 1.29 is 5.06 Å². The summed E-state index contributed by atoms with van der Waals surface area (Å²) in [6.45, 7) is 3.62. The minimum Gasteiger partial charge on any atom is -0.628 e. The van der Waals surface area contributed by atoms with Crippen molar-refractivity contribution in [3.63, 3.8) is 0 Å². The van der Waals surface area contributed by atoms with Crippen LogP contribution in [0, 0.1) is 5.21 Å². The van der Waals surface area contributed by atoms with Gasteiger partial charge in [-0.15, -0.1) is 0 Å². The number of hydroxylamine groups is 2. The second-order valence-corrected chi connectivity index (χ2v) is 3.45. The second kappa shape index (κ2) is 2.38. The molecule has 3 heteroatoms. The van der Waals surface area contributed by atoms with Crippen molar-refractivity contribution in [2.45, 2.75) is 18.8 Å². The summed E-state index contributed by atoms with van der Waals surface area (Å²) >= 11 is 5.84. The lowest BCUT2D eigenvalue weighted by Crippen LogP contribution is -3.10. The molecular formula is C7H10ClNO. The molecule has 0 spiro atoms. The summed E-state index contributed by atoms with van der Waals surface area (Å²) in [6.07, 6.45) is 5.05. The maximum atomic E-state index is 11.0. The van der Waals surface area contributed by atoms with Crippen LogP contribution in [0.3, 0.4) is 0 Å². The number of nitrogens with one attached hydrogen (secondary N) is 1. The molecular weight excluding hydrogens is 150 g/mol. The van der Waals surface area contributed by atoms with Gasteiger partial charge in [0.2, 0.25) is 0 Å². The normalized spacial score (nSPS) is 39.6. The van der Waals surface area contributed by atoms with Gasteiger partial charge in [-0.05, 0) is 36.2 Å². The summed E-state index contributed by atoms with van der Waals surface area (Å²) in [5.74, 6) is 0. The number of halogens is 1. The highest BCUT2D eigenvalue weighted by Gasteiger charge is 2.26. The minimum absolute atomic E-state index is 0.0419. The molecule has 0 bridgehead atoms. The fraction of sp³-hybridized carbons (Fsp3) is 0.429. The Labute approximate surface area is 65.4 Å². The van der Waals surface area contributed by atoms with Gasteiger partial charge in [-0.2, -0.15) is 0 Å². The van der Waals surface area contributed by atoms with Crippen molar-refractivity contribution in [2.75, 3.05) is 0 Å². The number of hydrogen-bond donors (Lipinski definition) is 1. The van der Waals surface area contributed by atoms with Gasteiger partial charge < -0.3 is 10.3 Å². The van der Waals surface area contributed by atoms with E-state index in [1.54, 1.807) is 19.1 Å². The summed E-state index contributed by atoms with van der Waals surface area (Å²) in [5, 5.41) is 11.0. The molecule has 1 aliphatic heterocycles. The molecule has 1 rings (SSSR count). The molecule has 0 saturated carbocycles. The van der Waals surface area contributed by atoms with Crippen LogP contribution in [0.2, 0.25) is 0 Å². The van der Waals surface area contributed by atoms with Gasteiger partial charge in [-0.1, -0.05) is 0 Å². The van der Waals surface area contributed by atoms with E-state index in [9.17, 15) is 5.21 Å². The molecule has 2 unspecified atom stereocenters. The van der Waals surface area contributed by atoms with Crippen molar-refractivity contribution in [1.29, 1.82) is 0 Å². The first-order chi connectivity index (χ1) is 4.52. The molecule has 1 heterocycles. The Hall–Kier alpha value is -0.310. The SMILES string of the molecule is CC1=CC(C)(Cl)[NH+]([O-])C=C1. The lowest BCUT2D eigenvalue weighted by atomic mass is 10.1. The molecule has 56 valence electrons. The van der Waals surface area contributed by atoms with Gasteiger partial charge in [0, 0.05) is 6.92 Å². The average molecular weight is 160 g/mol. The van der Waals surface area contributed by atoms with E-state index in [1.165, 1.54) is 6.20 Å². The van der Waals surface area contributed by atoms with Crippen LogP contribution in [0.25, 0.3) is 0 Å². The summed E-state index contributed by atoms with van der Waals surface area (Å²) in [7, 11) is 0. The van der Waals surface area contributed by atoms with E-state index in [2.05, 4.69) is 0 Å². The predicted molar refractivity (Wildman–Crippen MR) is 41.5 cm³/mol. The van der Waals surface area contributed by atoms with Crippen LogP contribution >= 0.6 is 11.6 Å². The topological polar surface area (TPSA) is 27.5 Å². The van der Waals surface area contributed by atoms with Crippen LogP contribution in [0.15, 0.2) is 23.9 Å². The molecule has 1 aliphatic rings. The molecule has 0 fully saturated rings. The molecule has 0 aromatic heterocycles. The summed E-state index contributed by atoms with van der Waals surface area (Å²) < 4.78 is 0. The first-order valence-corrected chi connectivity index (χ1v) is 3.51. The van der Waals surface area contributed by atoms with Crippen LogP contribution in [0.5, 0.6) is 0 Å². The first kappa shape index (κ1) is 7.79. The molecule has 0 saturated heterocycles. The van der Waals surface area contributed by atoms with E-state index in [0.717, 1.165) is 5.57 Å². The summed E-state index contributed by atoms with van der Waals surface area (Å²) in [6, 6.07) is 0. The minimum atomic E-state index is -0.807. The van der Waals surface area contributed by atoms with E-state index in [0.29, 0.717) is 0 Å². The molecule has 1 N–H and O–H groups in total. The average Bonchev–Trinajstić information content (AvgIpc) is 1.78. The van der Waals surface area contributed by atoms with Crippen LogP contribution in [0.4, 0.5) is 0 Å². The Morgan fingerprint density at radius 3 is 2.70 bits per heavy atom. The molecule has 0 radical (unpaired) electrons. The Morgan fingerprint density at radius 1 is 1.70 bits per heavy atom. The van der Waals surface area contributed by atoms with Gasteiger partial charge in [-0.3, -0.25) is 0 Å². The zero-order valence-electron chi connectivity index (χ0n) is 6.02. The third-order valence-electron chi connectivity index (χ3n) is 1.48. The molecule has 10 heavy (non-hydrogen) atoms. The molecule has 0 amide bonds. The van der Waals surface area contributed by atoms with Crippen molar-refractivity contribution in [3.8, 4) is 0 Å². The van der Waals surface area contributed by atoms with Gasteiger partial charge in [-0.25, -0.2) is 0 Å². The number of hydrogen-bond acceptors (Lipinski definition) is 1. The second-order valence-electron chi connectivity index (χ2n) is 2.66. The fourth-order valence-corrected chi connectivity index (χ4v) is 1.15. The van der Waals surface area contributed by atoms with E-state index < -0.39 is 5.00 Å². The standard InChI is InChI=1S/C7H10ClNO/c1-6-3-4-9(10)7(2,8)5-6/h3-5,9H,1-2H3. The van der Waals surface area contributed by atoms with Crippen LogP contribution < -0.4 is 5.06 Å². The predicted octanol–water partition coefficient (Wildman–Crippen LogP) is 0.798. The number of allylic oxidation sites excluding steroid dienone is 2. The van der Waals surface area contributed by atoms with Gasteiger partial charge in [0.15, 0.2) is 5.00 Å². The Balaban J connectivity index is 2.88. The van der Waals surface area contributed by atoms with Crippen molar-refractivity contribution in [2.24, 2.45) is 0 Å². The van der Waals surface area contributed by atoms with Crippen LogP contribution in [-0.2, 0) is 0 Å². The van der Waals surface area contributed by atoms with Gasteiger partial charge >= 0.3 is 0 Å². The molecule has 0 aromatic rings. The largest absolute Gasteiger partial charge is 0.628 e. The highest BCUT2D eigenvalue weighted by molar-refractivity contribution is 6.23. The van der Waals surface area contributed by atoms with Gasteiger partial charge in [0.05, 0.1) is 6.20 Å². The number of alkyl halides is 1. The zero-order valence-corrected chi connectivity index (χ0v) is 6.77. The molecule has 0 aliphatic carbocycles.